The lowest BCUT2D eigenvalue weighted by Crippen LogP contribution is -2.00. The smallest absolute Gasteiger partial charge is 0.0724 e. The molecule has 0 bridgehead atoms. The van der Waals surface area contributed by atoms with E-state index in [1.165, 1.54) is 11.1 Å². The van der Waals surface area contributed by atoms with E-state index in [4.69, 9.17) is 22.1 Å². The van der Waals surface area contributed by atoms with Crippen LogP contribution < -0.4 is 5.73 Å². The molecule has 0 aromatic heterocycles. The molecule has 0 spiro atoms. The van der Waals surface area contributed by atoms with Gasteiger partial charge in [0, 0.05) is 11.6 Å². The molecule has 0 saturated carbocycles. The summed E-state index contributed by atoms with van der Waals surface area (Å²) in [5.41, 5.74) is 10.3. The zero-order valence-electron chi connectivity index (χ0n) is 11.0. The Bertz CT molecular complexity index is 537. The highest BCUT2D eigenvalue weighted by molar-refractivity contribution is 6.30. The summed E-state index contributed by atoms with van der Waals surface area (Å²) in [6.45, 7) is 3.86. The molecule has 2 nitrogen and oxygen atoms in total. The second kappa shape index (κ2) is 6.71. The van der Waals surface area contributed by atoms with Crippen molar-refractivity contribution in [2.24, 2.45) is 5.73 Å². The zero-order valence-corrected chi connectivity index (χ0v) is 11.8. The van der Waals surface area contributed by atoms with Gasteiger partial charge in [0.25, 0.3) is 0 Å². The molecule has 0 heterocycles. The fraction of sp³-hybridized carbons (Fsp3) is 0.250. The molecule has 2 aromatic carbocycles. The number of hydrogen-bond acceptors (Lipinski definition) is 2. The molecule has 100 valence electrons. The summed E-state index contributed by atoms with van der Waals surface area (Å²) >= 11 is 5.84. The molecular formula is C16H18ClNO. The van der Waals surface area contributed by atoms with Gasteiger partial charge in [0.15, 0.2) is 0 Å². The lowest BCUT2D eigenvalue weighted by molar-refractivity contribution is 0.107. The summed E-state index contributed by atoms with van der Waals surface area (Å²) in [7, 11) is 0. The van der Waals surface area contributed by atoms with E-state index in [1.54, 1.807) is 0 Å². The van der Waals surface area contributed by atoms with Gasteiger partial charge in [-0.25, -0.2) is 0 Å². The SMILES string of the molecule is Cc1cc(CN)ccc1COCc1ccc(Cl)cc1. The predicted octanol–water partition coefficient (Wildman–Crippen LogP) is 3.82. The number of hydrogen-bond donors (Lipinski definition) is 1. The van der Waals surface area contributed by atoms with E-state index in [9.17, 15) is 0 Å². The minimum absolute atomic E-state index is 0.576. The van der Waals surface area contributed by atoms with Crippen molar-refractivity contribution in [3.8, 4) is 0 Å². The van der Waals surface area contributed by atoms with Crippen LogP contribution in [0, 0.1) is 6.92 Å². The first-order valence-corrected chi connectivity index (χ1v) is 6.67. The van der Waals surface area contributed by atoms with Gasteiger partial charge in [0.05, 0.1) is 13.2 Å². The topological polar surface area (TPSA) is 35.2 Å². The van der Waals surface area contributed by atoms with Crippen molar-refractivity contribution in [3.05, 3.63) is 69.7 Å². The van der Waals surface area contributed by atoms with Gasteiger partial charge in [-0.1, -0.05) is 41.9 Å². The number of benzene rings is 2. The van der Waals surface area contributed by atoms with Crippen molar-refractivity contribution in [1.82, 2.24) is 0 Å². The molecule has 0 aliphatic rings. The average molecular weight is 276 g/mol. The molecule has 0 unspecified atom stereocenters. The largest absolute Gasteiger partial charge is 0.372 e. The number of halogens is 1. The van der Waals surface area contributed by atoms with Crippen LogP contribution in [-0.2, 0) is 24.5 Å². The van der Waals surface area contributed by atoms with Gasteiger partial charge in [-0.2, -0.15) is 0 Å². The quantitative estimate of drug-likeness (QED) is 0.900. The highest BCUT2D eigenvalue weighted by Crippen LogP contribution is 2.14. The molecule has 2 N–H and O–H groups in total. The Morgan fingerprint density at radius 1 is 1.00 bits per heavy atom. The predicted molar refractivity (Wildman–Crippen MR) is 79.0 cm³/mol. The number of rotatable bonds is 5. The zero-order chi connectivity index (χ0) is 13.7. The molecule has 19 heavy (non-hydrogen) atoms. The first kappa shape index (κ1) is 14.1. The van der Waals surface area contributed by atoms with Gasteiger partial charge >= 0.3 is 0 Å². The Kier molecular flexibility index (Phi) is 4.97. The van der Waals surface area contributed by atoms with E-state index >= 15 is 0 Å². The molecule has 2 aromatic rings. The lowest BCUT2D eigenvalue weighted by Gasteiger charge is -2.09. The van der Waals surface area contributed by atoms with E-state index in [0.29, 0.717) is 19.8 Å². The average Bonchev–Trinajstić information content (AvgIpc) is 2.42. The van der Waals surface area contributed by atoms with Crippen LogP contribution in [0.15, 0.2) is 42.5 Å². The molecule has 0 amide bonds. The monoisotopic (exact) mass is 275 g/mol. The molecule has 3 heteroatoms. The van der Waals surface area contributed by atoms with Gasteiger partial charge in [0.1, 0.15) is 0 Å². The maximum Gasteiger partial charge on any atom is 0.0724 e. The molecule has 0 aliphatic heterocycles. The van der Waals surface area contributed by atoms with Crippen LogP contribution >= 0.6 is 11.6 Å². The van der Waals surface area contributed by atoms with Crippen LogP contribution in [0.5, 0.6) is 0 Å². The van der Waals surface area contributed by atoms with Crippen LogP contribution in [0.25, 0.3) is 0 Å². The Morgan fingerprint density at radius 2 is 1.68 bits per heavy atom. The number of nitrogens with two attached hydrogens (primary N) is 1. The minimum atomic E-state index is 0.576. The highest BCUT2D eigenvalue weighted by atomic mass is 35.5. The minimum Gasteiger partial charge on any atom is -0.372 e. The third-order valence-corrected chi connectivity index (χ3v) is 3.33. The van der Waals surface area contributed by atoms with Crippen LogP contribution in [-0.4, -0.2) is 0 Å². The van der Waals surface area contributed by atoms with Crippen molar-refractivity contribution in [2.45, 2.75) is 26.7 Å². The van der Waals surface area contributed by atoms with Gasteiger partial charge in [-0.05, 0) is 41.3 Å². The molecule has 0 fully saturated rings. The molecule has 0 radical (unpaired) electrons. The van der Waals surface area contributed by atoms with Crippen molar-refractivity contribution in [3.63, 3.8) is 0 Å². The summed E-state index contributed by atoms with van der Waals surface area (Å²) < 4.78 is 5.73. The van der Waals surface area contributed by atoms with Crippen LogP contribution in [0.1, 0.15) is 22.3 Å². The van der Waals surface area contributed by atoms with Crippen LogP contribution in [0.4, 0.5) is 0 Å². The highest BCUT2D eigenvalue weighted by Gasteiger charge is 2.00. The number of ether oxygens (including phenoxy) is 1. The fourth-order valence-corrected chi connectivity index (χ4v) is 2.03. The third-order valence-electron chi connectivity index (χ3n) is 3.08. The summed E-state index contributed by atoms with van der Waals surface area (Å²) in [6, 6.07) is 14.0. The Labute approximate surface area is 119 Å². The second-order valence-electron chi connectivity index (χ2n) is 4.58. The normalized spacial score (nSPS) is 10.7. The van der Waals surface area contributed by atoms with E-state index in [2.05, 4.69) is 19.1 Å². The van der Waals surface area contributed by atoms with E-state index in [1.807, 2.05) is 30.3 Å². The van der Waals surface area contributed by atoms with E-state index in [0.717, 1.165) is 16.1 Å². The maximum atomic E-state index is 5.84. The van der Waals surface area contributed by atoms with Gasteiger partial charge < -0.3 is 10.5 Å². The second-order valence-corrected chi connectivity index (χ2v) is 5.02. The molecule has 0 aliphatic carbocycles. The molecular weight excluding hydrogens is 258 g/mol. The fourth-order valence-electron chi connectivity index (χ4n) is 1.91. The third kappa shape index (κ3) is 4.06. The van der Waals surface area contributed by atoms with E-state index < -0.39 is 0 Å². The Balaban J connectivity index is 1.90. The van der Waals surface area contributed by atoms with Crippen molar-refractivity contribution in [1.29, 1.82) is 0 Å². The molecule has 2 rings (SSSR count). The van der Waals surface area contributed by atoms with Gasteiger partial charge in [-0.15, -0.1) is 0 Å². The maximum absolute atomic E-state index is 5.84. The Morgan fingerprint density at radius 3 is 2.32 bits per heavy atom. The van der Waals surface area contributed by atoms with Gasteiger partial charge in [0.2, 0.25) is 0 Å². The summed E-state index contributed by atoms with van der Waals surface area (Å²) in [4.78, 5) is 0. The molecule has 0 atom stereocenters. The first-order chi connectivity index (χ1) is 9.19. The number of aryl methyl sites for hydroxylation is 1. The molecule has 0 saturated heterocycles. The lowest BCUT2D eigenvalue weighted by atomic mass is 10.1. The summed E-state index contributed by atoms with van der Waals surface area (Å²) in [5, 5.41) is 0.747. The summed E-state index contributed by atoms with van der Waals surface area (Å²) in [6.07, 6.45) is 0. The Hall–Kier alpha value is -1.35. The first-order valence-electron chi connectivity index (χ1n) is 6.29. The van der Waals surface area contributed by atoms with Crippen molar-refractivity contribution >= 4 is 11.6 Å². The van der Waals surface area contributed by atoms with Gasteiger partial charge in [-0.3, -0.25) is 0 Å². The van der Waals surface area contributed by atoms with E-state index in [-0.39, 0.29) is 0 Å². The van der Waals surface area contributed by atoms with Crippen LogP contribution in [0.3, 0.4) is 0 Å². The van der Waals surface area contributed by atoms with Crippen molar-refractivity contribution in [2.75, 3.05) is 0 Å². The van der Waals surface area contributed by atoms with Crippen LogP contribution in [0.2, 0.25) is 5.02 Å². The van der Waals surface area contributed by atoms with Crippen molar-refractivity contribution < 1.29 is 4.74 Å². The summed E-state index contributed by atoms with van der Waals surface area (Å²) in [5.74, 6) is 0. The standard InChI is InChI=1S/C16H18ClNO/c1-12-8-14(9-18)2-5-15(12)11-19-10-13-3-6-16(17)7-4-13/h2-8H,9-11,18H2,1H3.